The summed E-state index contributed by atoms with van der Waals surface area (Å²) in [5.41, 5.74) is 3.64. The summed E-state index contributed by atoms with van der Waals surface area (Å²) >= 11 is 6.25. The van der Waals surface area contributed by atoms with E-state index in [-0.39, 0.29) is 11.5 Å². The quantitative estimate of drug-likeness (QED) is 0.700. The van der Waals surface area contributed by atoms with Crippen LogP contribution in [0, 0.1) is 6.92 Å². The van der Waals surface area contributed by atoms with Crippen LogP contribution in [0.15, 0.2) is 48.5 Å². The van der Waals surface area contributed by atoms with Gasteiger partial charge in [0.1, 0.15) is 0 Å². The summed E-state index contributed by atoms with van der Waals surface area (Å²) in [5, 5.41) is 18.2. The van der Waals surface area contributed by atoms with Crippen molar-refractivity contribution in [3.8, 4) is 0 Å². The molecule has 0 radical (unpaired) electrons. The Morgan fingerprint density at radius 2 is 1.86 bits per heavy atom. The van der Waals surface area contributed by atoms with Crippen molar-refractivity contribution < 1.29 is 14.7 Å². The molecule has 2 aliphatic rings. The van der Waals surface area contributed by atoms with E-state index in [1.165, 1.54) is 0 Å². The van der Waals surface area contributed by atoms with Crippen LogP contribution in [0.1, 0.15) is 32.7 Å². The number of rotatable bonds is 2. The van der Waals surface area contributed by atoms with Crippen molar-refractivity contribution >= 4 is 35.0 Å². The Bertz CT molecular complexity index is 1190. The van der Waals surface area contributed by atoms with Crippen molar-refractivity contribution in [3.05, 3.63) is 81.5 Å². The second-order valence-electron chi connectivity index (χ2n) is 7.56. The fourth-order valence-electron chi connectivity index (χ4n) is 4.42. The zero-order chi connectivity index (χ0) is 20.3. The van der Waals surface area contributed by atoms with Gasteiger partial charge in [0.2, 0.25) is 5.91 Å². The molecule has 0 saturated carbocycles. The van der Waals surface area contributed by atoms with Crippen molar-refractivity contribution in [1.82, 2.24) is 10.2 Å². The third-order valence-corrected chi connectivity index (χ3v) is 6.01. The van der Waals surface area contributed by atoms with Crippen LogP contribution in [0.2, 0.25) is 5.02 Å². The topological polar surface area (TPSA) is 83.4 Å². The average Bonchev–Trinajstić information content (AvgIpc) is 3.18. The third-order valence-electron chi connectivity index (χ3n) is 5.78. The molecule has 2 aromatic carbocycles. The first-order valence-electron chi connectivity index (χ1n) is 9.19. The van der Waals surface area contributed by atoms with Crippen molar-refractivity contribution in [2.75, 3.05) is 4.90 Å². The van der Waals surface area contributed by atoms with Gasteiger partial charge in [-0.15, -0.1) is 5.10 Å². The maximum atomic E-state index is 13.8. The lowest BCUT2D eigenvalue weighted by Crippen LogP contribution is -2.39. The van der Waals surface area contributed by atoms with E-state index in [0.717, 1.165) is 22.4 Å². The molecule has 6 nitrogen and oxygen atoms in total. The first-order chi connectivity index (χ1) is 13.9. The summed E-state index contributed by atoms with van der Waals surface area (Å²) in [4.78, 5) is 26.7. The van der Waals surface area contributed by atoms with Crippen molar-refractivity contribution in [3.63, 3.8) is 0 Å². The number of amides is 1. The standard InChI is InChI=1S/C22H16ClN3O3/c1-12-2-7-19(25-24-12)26-18-9-16(23)5-6-17(18)22(21(26)29)10-14-4-3-13(20(27)28)8-15(14)11-22/h2-9H,10-11H2,1H3,(H,27,28)/t22-/m1/s1. The molecule has 5 rings (SSSR count). The number of nitrogens with zero attached hydrogens (tertiary/aromatic N) is 3. The zero-order valence-corrected chi connectivity index (χ0v) is 16.3. The van der Waals surface area contributed by atoms with Gasteiger partial charge in [-0.25, -0.2) is 4.79 Å². The number of benzene rings is 2. The number of hydrogen-bond acceptors (Lipinski definition) is 4. The lowest BCUT2D eigenvalue weighted by Gasteiger charge is -2.23. The molecule has 1 N–H and O–H groups in total. The van der Waals surface area contributed by atoms with E-state index in [0.29, 0.717) is 29.4 Å². The molecule has 0 unspecified atom stereocenters. The van der Waals surface area contributed by atoms with Gasteiger partial charge >= 0.3 is 5.97 Å². The second kappa shape index (κ2) is 6.12. The number of carboxylic acids is 1. The maximum absolute atomic E-state index is 13.8. The highest BCUT2D eigenvalue weighted by Crippen LogP contribution is 2.52. The van der Waals surface area contributed by atoms with Gasteiger partial charge in [-0.1, -0.05) is 23.7 Å². The van der Waals surface area contributed by atoms with Crippen LogP contribution < -0.4 is 4.90 Å². The van der Waals surface area contributed by atoms with E-state index in [4.69, 9.17) is 11.6 Å². The molecule has 0 saturated heterocycles. The van der Waals surface area contributed by atoms with Crippen LogP contribution in [-0.2, 0) is 23.1 Å². The molecule has 144 valence electrons. The summed E-state index contributed by atoms with van der Waals surface area (Å²) in [6.07, 6.45) is 0.943. The van der Waals surface area contributed by atoms with E-state index in [2.05, 4.69) is 10.2 Å². The van der Waals surface area contributed by atoms with Gasteiger partial charge in [-0.3, -0.25) is 9.69 Å². The maximum Gasteiger partial charge on any atom is 0.335 e. The van der Waals surface area contributed by atoms with E-state index in [1.54, 1.807) is 35.2 Å². The molecule has 2 heterocycles. The lowest BCUT2D eigenvalue weighted by atomic mass is 9.79. The Morgan fingerprint density at radius 3 is 2.59 bits per heavy atom. The van der Waals surface area contributed by atoms with Gasteiger partial charge in [0, 0.05) is 5.02 Å². The smallest absolute Gasteiger partial charge is 0.335 e. The highest BCUT2D eigenvalue weighted by atomic mass is 35.5. The fraction of sp³-hybridized carbons (Fsp3) is 0.182. The van der Waals surface area contributed by atoms with Crippen LogP contribution in [0.3, 0.4) is 0 Å². The molecule has 1 aliphatic heterocycles. The second-order valence-corrected chi connectivity index (χ2v) is 8.00. The van der Waals surface area contributed by atoms with Crippen LogP contribution in [0.5, 0.6) is 0 Å². The molecule has 1 atom stereocenters. The van der Waals surface area contributed by atoms with Gasteiger partial charge in [0.15, 0.2) is 5.82 Å². The summed E-state index contributed by atoms with van der Waals surface area (Å²) in [7, 11) is 0. The molecule has 0 fully saturated rings. The average molecular weight is 406 g/mol. The number of hydrogen-bond donors (Lipinski definition) is 1. The van der Waals surface area contributed by atoms with E-state index in [1.807, 2.05) is 25.1 Å². The number of carbonyl (C=O) groups excluding carboxylic acids is 1. The third kappa shape index (κ3) is 2.56. The molecule has 1 amide bonds. The molecule has 7 heteroatoms. The number of aromatic nitrogens is 2. The van der Waals surface area contributed by atoms with Crippen molar-refractivity contribution in [2.24, 2.45) is 0 Å². The number of fused-ring (bicyclic) bond motifs is 3. The first-order valence-corrected chi connectivity index (χ1v) is 9.57. The fourth-order valence-corrected chi connectivity index (χ4v) is 4.59. The Kier molecular flexibility index (Phi) is 3.76. The number of aromatic carboxylic acids is 1. The van der Waals surface area contributed by atoms with Crippen LogP contribution in [0.25, 0.3) is 0 Å². The summed E-state index contributed by atoms with van der Waals surface area (Å²) in [6.45, 7) is 1.84. The predicted octanol–water partition coefficient (Wildman–Crippen LogP) is 3.85. The predicted molar refractivity (Wildman–Crippen MR) is 108 cm³/mol. The molecular weight excluding hydrogens is 390 g/mol. The molecule has 0 bridgehead atoms. The van der Waals surface area contributed by atoms with Gasteiger partial charge in [0.25, 0.3) is 0 Å². The molecule has 1 aliphatic carbocycles. The van der Waals surface area contributed by atoms with Crippen LogP contribution >= 0.6 is 11.6 Å². The van der Waals surface area contributed by atoms with E-state index in [9.17, 15) is 14.7 Å². The van der Waals surface area contributed by atoms with Crippen molar-refractivity contribution in [1.29, 1.82) is 0 Å². The van der Waals surface area contributed by atoms with Gasteiger partial charge in [0.05, 0.1) is 22.4 Å². The lowest BCUT2D eigenvalue weighted by molar-refractivity contribution is -0.122. The molecule has 1 aromatic heterocycles. The largest absolute Gasteiger partial charge is 0.478 e. The molecule has 3 aromatic rings. The minimum atomic E-state index is -0.977. The minimum Gasteiger partial charge on any atom is -0.478 e. The Balaban J connectivity index is 1.66. The first kappa shape index (κ1) is 17.8. The van der Waals surface area contributed by atoms with Gasteiger partial charge in [-0.2, -0.15) is 5.10 Å². The molecule has 29 heavy (non-hydrogen) atoms. The monoisotopic (exact) mass is 405 g/mol. The zero-order valence-electron chi connectivity index (χ0n) is 15.5. The summed E-state index contributed by atoms with van der Waals surface area (Å²) in [6, 6.07) is 14.1. The normalized spacial score (nSPS) is 19.5. The number of carbonyl (C=O) groups is 2. The Labute approximate surface area is 171 Å². The number of aryl methyl sites for hydroxylation is 1. The molecule has 1 spiro atoms. The highest BCUT2D eigenvalue weighted by Gasteiger charge is 2.54. The summed E-state index contributed by atoms with van der Waals surface area (Å²) < 4.78 is 0. The number of carboxylic acid groups (broad SMARTS) is 1. The Morgan fingerprint density at radius 1 is 1.07 bits per heavy atom. The van der Waals surface area contributed by atoms with Crippen LogP contribution in [0.4, 0.5) is 11.5 Å². The summed E-state index contributed by atoms with van der Waals surface area (Å²) in [5.74, 6) is -0.626. The van der Waals surface area contributed by atoms with Crippen LogP contribution in [-0.4, -0.2) is 27.2 Å². The van der Waals surface area contributed by atoms with E-state index >= 15 is 0 Å². The van der Waals surface area contributed by atoms with Gasteiger partial charge < -0.3 is 5.11 Å². The highest BCUT2D eigenvalue weighted by molar-refractivity contribution is 6.31. The van der Waals surface area contributed by atoms with Gasteiger partial charge in [-0.05, 0) is 72.9 Å². The number of halogens is 1. The van der Waals surface area contributed by atoms with Crippen molar-refractivity contribution in [2.45, 2.75) is 25.2 Å². The number of anilines is 2. The molecular formula is C22H16ClN3O3. The SMILES string of the molecule is Cc1ccc(N2C(=O)[C@@]3(Cc4ccc(C(=O)O)cc4C3)c3ccc(Cl)cc32)nn1. The Hall–Kier alpha value is -3.25. The minimum absolute atomic E-state index is 0.0963. The van der Waals surface area contributed by atoms with E-state index < -0.39 is 11.4 Å².